The van der Waals surface area contributed by atoms with Crippen molar-refractivity contribution in [3.63, 3.8) is 0 Å². The van der Waals surface area contributed by atoms with Gasteiger partial charge in [0.05, 0.1) is 6.61 Å². The van der Waals surface area contributed by atoms with Crippen LogP contribution >= 0.6 is 0 Å². The molecule has 0 amide bonds. The normalized spacial score (nSPS) is 24.2. The van der Waals surface area contributed by atoms with Crippen LogP contribution in [0.4, 0.5) is 0 Å². The van der Waals surface area contributed by atoms with Gasteiger partial charge in [-0.25, -0.2) is 4.98 Å². The van der Waals surface area contributed by atoms with Crippen molar-refractivity contribution in [3.05, 3.63) is 23.9 Å². The van der Waals surface area contributed by atoms with Gasteiger partial charge in [0, 0.05) is 12.3 Å². The predicted molar refractivity (Wildman–Crippen MR) is 70.1 cm³/mol. The summed E-state index contributed by atoms with van der Waals surface area (Å²) in [5.41, 5.74) is 1.18. The van der Waals surface area contributed by atoms with Gasteiger partial charge in [0.2, 0.25) is 5.88 Å². The second-order valence-corrected chi connectivity index (χ2v) is 5.58. The molecule has 2 unspecified atom stereocenters. The molecule has 0 radical (unpaired) electrons. The third-order valence-electron chi connectivity index (χ3n) is 3.90. The Hall–Kier alpha value is -1.05. The van der Waals surface area contributed by atoms with E-state index in [-0.39, 0.29) is 0 Å². The lowest BCUT2D eigenvalue weighted by atomic mass is 9.87. The zero-order chi connectivity index (χ0) is 12.3. The third kappa shape index (κ3) is 3.21. The minimum atomic E-state index is 0.720. The van der Waals surface area contributed by atoms with Crippen LogP contribution in [-0.4, -0.2) is 11.6 Å². The number of rotatable bonds is 4. The lowest BCUT2D eigenvalue weighted by molar-refractivity contribution is 0.181. The van der Waals surface area contributed by atoms with Crippen LogP contribution in [-0.2, 0) is 0 Å². The Morgan fingerprint density at radius 3 is 2.82 bits per heavy atom. The van der Waals surface area contributed by atoms with E-state index in [1.807, 2.05) is 19.2 Å². The number of aryl methyl sites for hydroxylation is 1. The third-order valence-corrected chi connectivity index (χ3v) is 3.90. The highest BCUT2D eigenvalue weighted by molar-refractivity contribution is 5.16. The molecule has 17 heavy (non-hydrogen) atoms. The van der Waals surface area contributed by atoms with Crippen LogP contribution in [0, 0.1) is 24.7 Å². The number of hydrogen-bond donors (Lipinski definition) is 0. The summed E-state index contributed by atoms with van der Waals surface area (Å²) in [7, 11) is 0. The highest BCUT2D eigenvalue weighted by Gasteiger charge is 2.29. The Balaban J connectivity index is 1.87. The van der Waals surface area contributed by atoms with E-state index in [9.17, 15) is 0 Å². The molecule has 0 aliphatic heterocycles. The van der Waals surface area contributed by atoms with Gasteiger partial charge >= 0.3 is 0 Å². The Morgan fingerprint density at radius 1 is 1.35 bits per heavy atom. The van der Waals surface area contributed by atoms with Crippen LogP contribution in [0.3, 0.4) is 0 Å². The summed E-state index contributed by atoms with van der Waals surface area (Å²) >= 11 is 0. The van der Waals surface area contributed by atoms with Crippen LogP contribution in [0.25, 0.3) is 0 Å². The number of pyridine rings is 1. The van der Waals surface area contributed by atoms with E-state index in [4.69, 9.17) is 4.74 Å². The molecule has 0 bridgehead atoms. The Labute approximate surface area is 104 Å². The Morgan fingerprint density at radius 2 is 2.18 bits per heavy atom. The fraction of sp³-hybridized carbons (Fsp3) is 0.667. The van der Waals surface area contributed by atoms with Crippen molar-refractivity contribution in [1.29, 1.82) is 0 Å². The zero-order valence-electron chi connectivity index (χ0n) is 11.1. The molecule has 0 N–H and O–H groups in total. The van der Waals surface area contributed by atoms with Crippen molar-refractivity contribution in [2.24, 2.45) is 17.8 Å². The molecule has 1 aromatic heterocycles. The summed E-state index contributed by atoms with van der Waals surface area (Å²) in [5.74, 6) is 3.10. The van der Waals surface area contributed by atoms with Gasteiger partial charge in [-0.05, 0) is 43.1 Å². The lowest BCUT2D eigenvalue weighted by Crippen LogP contribution is -2.20. The predicted octanol–water partition coefficient (Wildman–Crippen LogP) is 3.84. The molecular formula is C15H23NO. The summed E-state index contributed by atoms with van der Waals surface area (Å²) in [4.78, 5) is 4.29. The highest BCUT2D eigenvalue weighted by atomic mass is 16.5. The minimum Gasteiger partial charge on any atom is -0.477 e. The minimum absolute atomic E-state index is 0.720. The zero-order valence-corrected chi connectivity index (χ0v) is 11.1. The van der Waals surface area contributed by atoms with Gasteiger partial charge < -0.3 is 4.74 Å². The maximum Gasteiger partial charge on any atom is 0.213 e. The van der Waals surface area contributed by atoms with Crippen molar-refractivity contribution >= 4 is 0 Å². The average Bonchev–Trinajstić information content (AvgIpc) is 2.76. The van der Waals surface area contributed by atoms with E-state index >= 15 is 0 Å². The first-order chi connectivity index (χ1) is 8.16. The fourth-order valence-corrected chi connectivity index (χ4v) is 2.88. The van der Waals surface area contributed by atoms with E-state index in [0.717, 1.165) is 30.2 Å². The standard InChI is InChI=1S/C15H23NO/c1-11(2)14-6-4-5-13(14)10-17-15-8-7-12(3)9-16-15/h7-9,11,13-14H,4-6,10H2,1-3H3. The maximum absolute atomic E-state index is 5.81. The molecule has 1 aromatic rings. The number of aromatic nitrogens is 1. The van der Waals surface area contributed by atoms with E-state index < -0.39 is 0 Å². The summed E-state index contributed by atoms with van der Waals surface area (Å²) in [6.45, 7) is 7.53. The first kappa shape index (κ1) is 12.4. The quantitative estimate of drug-likeness (QED) is 0.788. The molecule has 1 heterocycles. The molecule has 0 aromatic carbocycles. The van der Waals surface area contributed by atoms with Crippen molar-refractivity contribution in [2.45, 2.75) is 40.0 Å². The van der Waals surface area contributed by atoms with Gasteiger partial charge in [0.1, 0.15) is 0 Å². The topological polar surface area (TPSA) is 22.1 Å². The molecule has 0 saturated heterocycles. The number of nitrogens with zero attached hydrogens (tertiary/aromatic N) is 1. The van der Waals surface area contributed by atoms with E-state index in [1.165, 1.54) is 24.8 Å². The summed E-state index contributed by atoms with van der Waals surface area (Å²) in [6.07, 6.45) is 5.91. The van der Waals surface area contributed by atoms with Gasteiger partial charge in [0.25, 0.3) is 0 Å². The van der Waals surface area contributed by atoms with E-state index in [2.05, 4.69) is 24.9 Å². The number of ether oxygens (including phenoxy) is 1. The Kier molecular flexibility index (Phi) is 4.03. The molecule has 0 spiro atoms. The van der Waals surface area contributed by atoms with Gasteiger partial charge in [-0.1, -0.05) is 26.3 Å². The van der Waals surface area contributed by atoms with Crippen molar-refractivity contribution in [3.8, 4) is 5.88 Å². The molecule has 1 aliphatic rings. The van der Waals surface area contributed by atoms with Crippen LogP contribution in [0.15, 0.2) is 18.3 Å². The van der Waals surface area contributed by atoms with Gasteiger partial charge in [0.15, 0.2) is 0 Å². The van der Waals surface area contributed by atoms with Gasteiger partial charge in [-0.2, -0.15) is 0 Å². The highest BCUT2D eigenvalue weighted by Crippen LogP contribution is 2.36. The van der Waals surface area contributed by atoms with Crippen LogP contribution < -0.4 is 4.74 Å². The lowest BCUT2D eigenvalue weighted by Gasteiger charge is -2.22. The first-order valence-electron chi connectivity index (χ1n) is 6.72. The fourth-order valence-electron chi connectivity index (χ4n) is 2.88. The average molecular weight is 233 g/mol. The molecule has 2 rings (SSSR count). The van der Waals surface area contributed by atoms with E-state index in [0.29, 0.717) is 0 Å². The van der Waals surface area contributed by atoms with Crippen LogP contribution in [0.5, 0.6) is 5.88 Å². The van der Waals surface area contributed by atoms with Crippen LogP contribution in [0.2, 0.25) is 0 Å². The SMILES string of the molecule is Cc1ccc(OCC2CCCC2C(C)C)nc1. The second-order valence-electron chi connectivity index (χ2n) is 5.58. The van der Waals surface area contributed by atoms with E-state index in [1.54, 1.807) is 0 Å². The first-order valence-corrected chi connectivity index (χ1v) is 6.72. The molecule has 1 fully saturated rings. The Bertz CT molecular complexity index is 344. The van der Waals surface area contributed by atoms with Crippen molar-refractivity contribution < 1.29 is 4.74 Å². The molecule has 94 valence electrons. The molecule has 1 aliphatic carbocycles. The van der Waals surface area contributed by atoms with Crippen LogP contribution in [0.1, 0.15) is 38.7 Å². The maximum atomic E-state index is 5.81. The number of hydrogen-bond acceptors (Lipinski definition) is 2. The van der Waals surface area contributed by atoms with Crippen molar-refractivity contribution in [1.82, 2.24) is 4.98 Å². The summed E-state index contributed by atoms with van der Waals surface area (Å²) < 4.78 is 5.81. The van der Waals surface area contributed by atoms with Gasteiger partial charge in [-0.15, -0.1) is 0 Å². The summed E-state index contributed by atoms with van der Waals surface area (Å²) in [5, 5.41) is 0. The monoisotopic (exact) mass is 233 g/mol. The molecule has 2 nitrogen and oxygen atoms in total. The molecule has 2 heteroatoms. The molecule has 1 saturated carbocycles. The largest absolute Gasteiger partial charge is 0.477 e. The smallest absolute Gasteiger partial charge is 0.213 e. The summed E-state index contributed by atoms with van der Waals surface area (Å²) in [6, 6.07) is 4.02. The van der Waals surface area contributed by atoms with Crippen molar-refractivity contribution in [2.75, 3.05) is 6.61 Å². The molecule has 2 atom stereocenters. The van der Waals surface area contributed by atoms with Gasteiger partial charge in [-0.3, -0.25) is 0 Å². The molecular weight excluding hydrogens is 210 g/mol. The second kappa shape index (κ2) is 5.52.